The van der Waals surface area contributed by atoms with Gasteiger partial charge in [0.25, 0.3) is 0 Å². The second-order valence-corrected chi connectivity index (χ2v) is 9.37. The maximum atomic E-state index is 12.9. The molecule has 1 aromatic carbocycles. The number of amides is 1. The Hall–Kier alpha value is -1.69. The van der Waals surface area contributed by atoms with E-state index in [2.05, 4.69) is 15.9 Å². The minimum Gasteiger partial charge on any atom is -0.444 e. The number of hydrogen-bond acceptors (Lipinski definition) is 4. The zero-order valence-electron chi connectivity index (χ0n) is 16.0. The van der Waals surface area contributed by atoms with E-state index < -0.39 is 17.7 Å². The number of likely N-dealkylation sites (tertiary alicyclic amines) is 1. The summed E-state index contributed by atoms with van der Waals surface area (Å²) in [6.45, 7) is 5.48. The number of fused-ring (bicyclic) bond motifs is 2. The topological polar surface area (TPSA) is 63.7 Å². The summed E-state index contributed by atoms with van der Waals surface area (Å²) in [6.07, 6.45) is 2.65. The van der Waals surface area contributed by atoms with Gasteiger partial charge in [-0.2, -0.15) is 0 Å². The summed E-state index contributed by atoms with van der Waals surface area (Å²) in [5, 5.41) is 0. The lowest BCUT2D eigenvalue weighted by Crippen LogP contribution is -2.50. The number of ketones is 2. The van der Waals surface area contributed by atoms with Crippen LogP contribution in [0.25, 0.3) is 0 Å². The van der Waals surface area contributed by atoms with Crippen LogP contribution in [-0.4, -0.2) is 40.2 Å². The van der Waals surface area contributed by atoms with Crippen LogP contribution in [0, 0.1) is 5.92 Å². The van der Waals surface area contributed by atoms with Gasteiger partial charge in [-0.05, 0) is 58.1 Å². The zero-order valence-corrected chi connectivity index (χ0v) is 17.6. The summed E-state index contributed by atoms with van der Waals surface area (Å²) in [5.74, 6) is 0.110. The number of carbonyl (C=O) groups is 3. The van der Waals surface area contributed by atoms with Crippen LogP contribution < -0.4 is 0 Å². The number of halogens is 1. The fourth-order valence-corrected chi connectivity index (χ4v) is 4.41. The monoisotopic (exact) mass is 435 g/mol. The van der Waals surface area contributed by atoms with Gasteiger partial charge in [0.15, 0.2) is 11.6 Å². The van der Waals surface area contributed by atoms with E-state index >= 15 is 0 Å². The first-order chi connectivity index (χ1) is 12.7. The van der Waals surface area contributed by atoms with Crippen molar-refractivity contribution in [3.63, 3.8) is 0 Å². The molecule has 1 saturated heterocycles. The first kappa shape index (κ1) is 20.1. The van der Waals surface area contributed by atoms with Gasteiger partial charge in [-0.3, -0.25) is 14.5 Å². The molecule has 2 fully saturated rings. The molecule has 146 valence electrons. The van der Waals surface area contributed by atoms with Crippen molar-refractivity contribution in [1.82, 2.24) is 4.90 Å². The molecule has 0 radical (unpaired) electrons. The number of nitrogens with zero attached hydrogens (tertiary/aromatic N) is 1. The molecule has 1 aliphatic heterocycles. The van der Waals surface area contributed by atoms with Crippen LogP contribution in [0.1, 0.15) is 63.2 Å². The Morgan fingerprint density at radius 2 is 1.78 bits per heavy atom. The average molecular weight is 436 g/mol. The first-order valence-electron chi connectivity index (χ1n) is 9.48. The van der Waals surface area contributed by atoms with E-state index in [1.807, 2.05) is 32.9 Å². The van der Waals surface area contributed by atoms with E-state index in [0.29, 0.717) is 5.56 Å². The van der Waals surface area contributed by atoms with Gasteiger partial charge in [-0.1, -0.05) is 28.1 Å². The Morgan fingerprint density at radius 3 is 2.41 bits per heavy atom. The fourth-order valence-electron chi connectivity index (χ4n) is 4.15. The highest BCUT2D eigenvalue weighted by atomic mass is 79.9. The van der Waals surface area contributed by atoms with E-state index in [0.717, 1.165) is 23.7 Å². The SMILES string of the molecule is CC(C)(C)OC(=O)N1[C@H]2CC[C@H](C2)[C@H]1C(=O)CCC(=O)c1ccc(Br)cc1. The number of piperidine rings is 1. The molecule has 0 aromatic heterocycles. The largest absolute Gasteiger partial charge is 0.444 e. The molecule has 3 rings (SSSR count). The highest BCUT2D eigenvalue weighted by Crippen LogP contribution is 2.43. The van der Waals surface area contributed by atoms with Crippen LogP contribution in [0.2, 0.25) is 0 Å². The Kier molecular flexibility index (Phi) is 5.75. The molecule has 1 aliphatic carbocycles. The molecule has 2 bridgehead atoms. The van der Waals surface area contributed by atoms with Gasteiger partial charge in [0.05, 0.1) is 6.04 Å². The second-order valence-electron chi connectivity index (χ2n) is 8.46. The summed E-state index contributed by atoms with van der Waals surface area (Å²) < 4.78 is 6.43. The summed E-state index contributed by atoms with van der Waals surface area (Å²) in [6, 6.07) is 6.77. The van der Waals surface area contributed by atoms with Crippen molar-refractivity contribution in [3.8, 4) is 0 Å². The molecule has 0 N–H and O–H groups in total. The van der Waals surface area contributed by atoms with Crippen molar-refractivity contribution >= 4 is 33.6 Å². The zero-order chi connectivity index (χ0) is 19.8. The van der Waals surface area contributed by atoms with Gasteiger partial charge in [0.2, 0.25) is 0 Å². The number of ether oxygens (including phenoxy) is 1. The molecule has 1 amide bonds. The molecule has 0 spiro atoms. The minimum absolute atomic E-state index is 0.0291. The predicted octanol–water partition coefficient (Wildman–Crippen LogP) is 4.77. The third-order valence-corrected chi connectivity index (χ3v) is 5.81. The Balaban J connectivity index is 1.64. The Bertz CT molecular complexity index is 738. The quantitative estimate of drug-likeness (QED) is 0.624. The molecule has 1 aromatic rings. The van der Waals surface area contributed by atoms with E-state index in [9.17, 15) is 14.4 Å². The molecule has 5 nitrogen and oxygen atoms in total. The van der Waals surface area contributed by atoms with Gasteiger partial charge in [-0.15, -0.1) is 0 Å². The van der Waals surface area contributed by atoms with E-state index in [1.165, 1.54) is 0 Å². The summed E-state index contributed by atoms with van der Waals surface area (Å²) in [7, 11) is 0. The van der Waals surface area contributed by atoms with Crippen LogP contribution in [-0.2, 0) is 9.53 Å². The molecular formula is C21H26BrNO4. The average Bonchev–Trinajstić information content (AvgIpc) is 3.19. The molecule has 1 heterocycles. The summed E-state index contributed by atoms with van der Waals surface area (Å²) in [4.78, 5) is 39.5. The standard InChI is InChI=1S/C21H26BrNO4/c1-21(2,3)27-20(26)23-16-9-6-14(12-16)19(23)18(25)11-10-17(24)13-4-7-15(22)8-5-13/h4-5,7-8,14,16,19H,6,9-12H2,1-3H3/t14-,16+,19+/m1/s1. The lowest BCUT2D eigenvalue weighted by Gasteiger charge is -2.35. The Labute approximate surface area is 168 Å². The Morgan fingerprint density at radius 1 is 1.11 bits per heavy atom. The van der Waals surface area contributed by atoms with Crippen molar-refractivity contribution in [2.75, 3.05) is 0 Å². The maximum absolute atomic E-state index is 12.9. The van der Waals surface area contributed by atoms with Gasteiger partial charge in [-0.25, -0.2) is 4.79 Å². The normalized spacial score (nSPS) is 24.1. The maximum Gasteiger partial charge on any atom is 0.411 e. The smallest absolute Gasteiger partial charge is 0.411 e. The highest BCUT2D eigenvalue weighted by molar-refractivity contribution is 9.10. The summed E-state index contributed by atoms with van der Waals surface area (Å²) >= 11 is 3.35. The molecular weight excluding hydrogens is 410 g/mol. The van der Waals surface area contributed by atoms with Crippen molar-refractivity contribution < 1.29 is 19.1 Å². The van der Waals surface area contributed by atoms with Crippen molar-refractivity contribution in [1.29, 1.82) is 0 Å². The molecule has 1 saturated carbocycles. The number of rotatable bonds is 5. The van der Waals surface area contributed by atoms with Crippen LogP contribution in [0.3, 0.4) is 0 Å². The third-order valence-electron chi connectivity index (χ3n) is 5.28. The van der Waals surface area contributed by atoms with Crippen molar-refractivity contribution in [2.24, 2.45) is 5.92 Å². The van der Waals surface area contributed by atoms with Crippen LogP contribution in [0.4, 0.5) is 4.79 Å². The van der Waals surface area contributed by atoms with Gasteiger partial charge < -0.3 is 4.74 Å². The van der Waals surface area contributed by atoms with Gasteiger partial charge in [0.1, 0.15) is 5.60 Å². The van der Waals surface area contributed by atoms with E-state index in [-0.39, 0.29) is 36.4 Å². The van der Waals surface area contributed by atoms with Crippen molar-refractivity contribution in [2.45, 2.75) is 70.6 Å². The van der Waals surface area contributed by atoms with Crippen LogP contribution >= 0.6 is 15.9 Å². The molecule has 3 atom stereocenters. The van der Waals surface area contributed by atoms with E-state index in [1.54, 1.807) is 17.0 Å². The van der Waals surface area contributed by atoms with E-state index in [4.69, 9.17) is 4.74 Å². The molecule has 27 heavy (non-hydrogen) atoms. The second kappa shape index (κ2) is 7.74. The van der Waals surface area contributed by atoms with Crippen molar-refractivity contribution in [3.05, 3.63) is 34.3 Å². The lowest BCUT2D eigenvalue weighted by molar-refractivity contribution is -0.125. The molecule has 6 heteroatoms. The number of carbonyl (C=O) groups excluding carboxylic acids is 3. The highest BCUT2D eigenvalue weighted by Gasteiger charge is 2.51. The predicted molar refractivity (Wildman–Crippen MR) is 106 cm³/mol. The molecule has 0 unspecified atom stereocenters. The van der Waals surface area contributed by atoms with Gasteiger partial charge >= 0.3 is 6.09 Å². The van der Waals surface area contributed by atoms with Gasteiger partial charge in [0, 0.05) is 28.9 Å². The third kappa shape index (κ3) is 4.60. The van der Waals surface area contributed by atoms with Crippen LogP contribution in [0.15, 0.2) is 28.7 Å². The number of benzene rings is 1. The fraction of sp³-hybridized carbons (Fsp3) is 0.571. The number of hydrogen-bond donors (Lipinski definition) is 0. The summed E-state index contributed by atoms with van der Waals surface area (Å²) in [5.41, 5.74) is 0.00675. The first-order valence-corrected chi connectivity index (χ1v) is 10.3. The molecule has 2 aliphatic rings. The number of Topliss-reactive ketones (excluding diaryl/α,β-unsaturated/α-hetero) is 2. The van der Waals surface area contributed by atoms with Crippen LogP contribution in [0.5, 0.6) is 0 Å². The minimum atomic E-state index is -0.593. The lowest BCUT2D eigenvalue weighted by atomic mass is 9.92.